The maximum Gasteiger partial charge on any atom is 0.148 e. The molecule has 3 heteroatoms. The Hall–Kier alpha value is -1.38. The second kappa shape index (κ2) is 4.22. The van der Waals surface area contributed by atoms with Crippen molar-refractivity contribution in [3.63, 3.8) is 0 Å². The quantitative estimate of drug-likeness (QED) is 0.745. The zero-order valence-corrected chi connectivity index (χ0v) is 9.26. The van der Waals surface area contributed by atoms with Gasteiger partial charge in [0.1, 0.15) is 5.82 Å². The monoisotopic (exact) mass is 191 g/mol. The van der Waals surface area contributed by atoms with Gasteiger partial charge in [-0.25, -0.2) is 4.98 Å². The molecule has 0 saturated heterocycles. The molecule has 76 valence electrons. The van der Waals surface area contributed by atoms with Gasteiger partial charge in [-0.1, -0.05) is 6.08 Å². The fraction of sp³-hybridized carbons (Fsp3) is 0.455. The summed E-state index contributed by atoms with van der Waals surface area (Å²) in [6.45, 7) is 11.6. The highest BCUT2D eigenvalue weighted by Crippen LogP contribution is 2.12. The minimum Gasteiger partial charge on any atom is -0.363 e. The van der Waals surface area contributed by atoms with Crippen LogP contribution >= 0.6 is 0 Å². The molecule has 14 heavy (non-hydrogen) atoms. The molecular weight excluding hydrogens is 174 g/mol. The average molecular weight is 191 g/mol. The standard InChI is InChI=1S/C11H17N3/c1-6-7(2)12-11-10(5)13-8(3)9(4)14-11/h6-7H,1H2,2-5H3,(H,12,14). The van der Waals surface area contributed by atoms with Gasteiger partial charge >= 0.3 is 0 Å². The highest BCUT2D eigenvalue weighted by Gasteiger charge is 2.06. The van der Waals surface area contributed by atoms with Crippen LogP contribution in [0.4, 0.5) is 5.82 Å². The number of hydrogen-bond donors (Lipinski definition) is 1. The predicted octanol–water partition coefficient (Wildman–Crippen LogP) is 2.39. The molecule has 0 bridgehead atoms. The molecule has 0 aromatic carbocycles. The fourth-order valence-electron chi connectivity index (χ4n) is 1.13. The van der Waals surface area contributed by atoms with Gasteiger partial charge < -0.3 is 5.32 Å². The summed E-state index contributed by atoms with van der Waals surface area (Å²) in [4.78, 5) is 8.84. The Morgan fingerprint density at radius 1 is 1.14 bits per heavy atom. The number of aryl methyl sites for hydroxylation is 3. The Kier molecular flexibility index (Phi) is 3.23. The smallest absolute Gasteiger partial charge is 0.148 e. The molecule has 0 saturated carbocycles. The molecule has 1 aromatic rings. The molecule has 0 aliphatic carbocycles. The summed E-state index contributed by atoms with van der Waals surface area (Å²) in [6, 6.07) is 0.213. The summed E-state index contributed by atoms with van der Waals surface area (Å²) >= 11 is 0. The van der Waals surface area contributed by atoms with E-state index in [-0.39, 0.29) is 6.04 Å². The van der Waals surface area contributed by atoms with Crippen LogP contribution in [-0.4, -0.2) is 16.0 Å². The Bertz CT molecular complexity index is 345. The van der Waals surface area contributed by atoms with Gasteiger partial charge in [0.2, 0.25) is 0 Å². The van der Waals surface area contributed by atoms with Gasteiger partial charge in [-0.05, 0) is 27.7 Å². The van der Waals surface area contributed by atoms with Crippen LogP contribution in [0.1, 0.15) is 24.0 Å². The number of rotatable bonds is 3. The highest BCUT2D eigenvalue weighted by atomic mass is 15.0. The third kappa shape index (κ3) is 2.31. The predicted molar refractivity (Wildman–Crippen MR) is 59.5 cm³/mol. The van der Waals surface area contributed by atoms with Crippen LogP contribution in [0.25, 0.3) is 0 Å². The van der Waals surface area contributed by atoms with Gasteiger partial charge in [-0.15, -0.1) is 6.58 Å². The van der Waals surface area contributed by atoms with Gasteiger partial charge in [0.25, 0.3) is 0 Å². The van der Waals surface area contributed by atoms with Gasteiger partial charge in [0, 0.05) is 6.04 Å². The highest BCUT2D eigenvalue weighted by molar-refractivity contribution is 5.42. The van der Waals surface area contributed by atoms with E-state index < -0.39 is 0 Å². The summed E-state index contributed by atoms with van der Waals surface area (Å²) < 4.78 is 0. The van der Waals surface area contributed by atoms with Crippen LogP contribution in [0.5, 0.6) is 0 Å². The second-order valence-electron chi connectivity index (χ2n) is 3.50. The molecule has 1 heterocycles. The van der Waals surface area contributed by atoms with Crippen molar-refractivity contribution >= 4 is 5.82 Å². The summed E-state index contributed by atoms with van der Waals surface area (Å²) in [5.74, 6) is 0.848. The third-order valence-electron chi connectivity index (χ3n) is 2.20. The van der Waals surface area contributed by atoms with E-state index in [0.29, 0.717) is 0 Å². The van der Waals surface area contributed by atoms with Crippen LogP contribution in [0.3, 0.4) is 0 Å². The minimum atomic E-state index is 0.213. The maximum absolute atomic E-state index is 4.44. The molecule has 1 rings (SSSR count). The lowest BCUT2D eigenvalue weighted by atomic mass is 10.3. The van der Waals surface area contributed by atoms with E-state index in [1.54, 1.807) is 0 Å². The van der Waals surface area contributed by atoms with Crippen molar-refractivity contribution in [3.05, 3.63) is 29.7 Å². The van der Waals surface area contributed by atoms with Crippen molar-refractivity contribution in [1.29, 1.82) is 0 Å². The lowest BCUT2D eigenvalue weighted by Crippen LogP contribution is -2.15. The largest absolute Gasteiger partial charge is 0.363 e. The first-order valence-corrected chi connectivity index (χ1v) is 4.75. The van der Waals surface area contributed by atoms with Crippen LogP contribution in [0.15, 0.2) is 12.7 Å². The Labute approximate surface area is 85.3 Å². The van der Waals surface area contributed by atoms with Crippen molar-refractivity contribution < 1.29 is 0 Å². The summed E-state index contributed by atoms with van der Waals surface area (Å²) in [6.07, 6.45) is 1.84. The second-order valence-corrected chi connectivity index (χ2v) is 3.50. The minimum absolute atomic E-state index is 0.213. The normalized spacial score (nSPS) is 12.3. The molecule has 0 aliphatic heterocycles. The van der Waals surface area contributed by atoms with E-state index in [4.69, 9.17) is 0 Å². The molecule has 0 aliphatic rings. The van der Waals surface area contributed by atoms with Gasteiger partial charge in [-0.3, -0.25) is 4.98 Å². The van der Waals surface area contributed by atoms with Crippen molar-refractivity contribution in [2.45, 2.75) is 33.7 Å². The van der Waals surface area contributed by atoms with E-state index in [0.717, 1.165) is 22.9 Å². The van der Waals surface area contributed by atoms with Crippen LogP contribution < -0.4 is 5.32 Å². The number of nitrogens with one attached hydrogen (secondary N) is 1. The van der Waals surface area contributed by atoms with Crippen LogP contribution in [0, 0.1) is 20.8 Å². The first-order valence-electron chi connectivity index (χ1n) is 4.75. The molecule has 0 radical (unpaired) electrons. The van der Waals surface area contributed by atoms with Gasteiger partial charge in [0.05, 0.1) is 17.1 Å². The zero-order valence-electron chi connectivity index (χ0n) is 9.26. The molecule has 1 unspecified atom stereocenters. The third-order valence-corrected chi connectivity index (χ3v) is 2.20. The maximum atomic E-state index is 4.44. The SMILES string of the molecule is C=CC(C)Nc1nc(C)c(C)nc1C. The number of anilines is 1. The lowest BCUT2D eigenvalue weighted by Gasteiger charge is -2.13. The van der Waals surface area contributed by atoms with Crippen molar-refractivity contribution in [3.8, 4) is 0 Å². The number of aromatic nitrogens is 2. The lowest BCUT2D eigenvalue weighted by molar-refractivity contribution is 0.936. The number of hydrogen-bond acceptors (Lipinski definition) is 3. The topological polar surface area (TPSA) is 37.8 Å². The van der Waals surface area contributed by atoms with E-state index in [1.807, 2.05) is 33.8 Å². The first-order chi connectivity index (χ1) is 6.54. The van der Waals surface area contributed by atoms with E-state index in [2.05, 4.69) is 21.9 Å². The zero-order chi connectivity index (χ0) is 10.7. The van der Waals surface area contributed by atoms with E-state index in [9.17, 15) is 0 Å². The molecule has 1 atom stereocenters. The van der Waals surface area contributed by atoms with Crippen LogP contribution in [-0.2, 0) is 0 Å². The molecule has 0 amide bonds. The fourth-order valence-corrected chi connectivity index (χ4v) is 1.13. The molecule has 1 aromatic heterocycles. The van der Waals surface area contributed by atoms with E-state index in [1.165, 1.54) is 0 Å². The molecule has 0 spiro atoms. The van der Waals surface area contributed by atoms with Gasteiger partial charge in [0.15, 0.2) is 0 Å². The summed E-state index contributed by atoms with van der Waals surface area (Å²) in [5, 5.41) is 3.24. The Morgan fingerprint density at radius 2 is 1.71 bits per heavy atom. The average Bonchev–Trinajstić information content (AvgIpc) is 2.14. The van der Waals surface area contributed by atoms with Crippen LogP contribution in [0.2, 0.25) is 0 Å². The van der Waals surface area contributed by atoms with Crippen molar-refractivity contribution in [1.82, 2.24) is 9.97 Å². The molecule has 3 nitrogen and oxygen atoms in total. The first kappa shape index (κ1) is 10.7. The van der Waals surface area contributed by atoms with Crippen molar-refractivity contribution in [2.75, 3.05) is 5.32 Å². The van der Waals surface area contributed by atoms with Gasteiger partial charge in [-0.2, -0.15) is 0 Å². The van der Waals surface area contributed by atoms with Crippen molar-refractivity contribution in [2.24, 2.45) is 0 Å². The molecule has 1 N–H and O–H groups in total. The Morgan fingerprint density at radius 3 is 2.29 bits per heavy atom. The summed E-state index contributed by atoms with van der Waals surface area (Å²) in [5.41, 5.74) is 2.88. The Balaban J connectivity index is 2.97. The number of nitrogens with zero attached hydrogens (tertiary/aromatic N) is 2. The van der Waals surface area contributed by atoms with E-state index >= 15 is 0 Å². The molecular formula is C11H17N3. The summed E-state index contributed by atoms with van der Waals surface area (Å²) in [7, 11) is 0. The molecule has 0 fully saturated rings.